The van der Waals surface area contributed by atoms with Crippen molar-refractivity contribution in [3.8, 4) is 0 Å². The number of hydrogen-bond donors (Lipinski definition) is 0. The monoisotopic (exact) mass is 341 g/mol. The summed E-state index contributed by atoms with van der Waals surface area (Å²) in [7, 11) is -2.12. The van der Waals surface area contributed by atoms with E-state index >= 15 is 0 Å². The van der Waals surface area contributed by atoms with Gasteiger partial charge in [-0.25, -0.2) is 8.42 Å². The molecule has 1 heterocycles. The second-order valence-corrected chi connectivity index (χ2v) is 7.25. The summed E-state index contributed by atoms with van der Waals surface area (Å²) in [5, 5.41) is 4.25. The van der Waals surface area contributed by atoms with E-state index in [1.54, 1.807) is 26.1 Å². The Hall–Kier alpha value is -1.53. The van der Waals surface area contributed by atoms with Gasteiger partial charge < -0.3 is 0 Å². The molecule has 1 aromatic heterocycles. The van der Waals surface area contributed by atoms with Gasteiger partial charge in [0.1, 0.15) is 10.0 Å². The van der Waals surface area contributed by atoms with Crippen LogP contribution in [0, 0.1) is 6.92 Å². The molecule has 22 heavy (non-hydrogen) atoms. The van der Waals surface area contributed by atoms with E-state index in [1.807, 2.05) is 25.1 Å². The van der Waals surface area contributed by atoms with Crippen LogP contribution in [0.5, 0.6) is 0 Å². The fourth-order valence-electron chi connectivity index (χ4n) is 2.30. The van der Waals surface area contributed by atoms with Gasteiger partial charge in [0.05, 0.1) is 11.4 Å². The zero-order valence-electron chi connectivity index (χ0n) is 13.0. The van der Waals surface area contributed by atoms with Gasteiger partial charge in [-0.15, -0.1) is 0 Å². The minimum Gasteiger partial charge on any atom is -0.266 e. The zero-order chi connectivity index (χ0) is 16.3. The summed E-state index contributed by atoms with van der Waals surface area (Å²) in [5.74, 6) is 0. The number of para-hydroxylation sites is 1. The number of aryl methyl sites for hydroxylation is 2. The lowest BCUT2D eigenvalue weighted by molar-refractivity contribution is 0.588. The van der Waals surface area contributed by atoms with E-state index < -0.39 is 10.0 Å². The second-order valence-electron chi connectivity index (χ2n) is 5.10. The van der Waals surface area contributed by atoms with Gasteiger partial charge in [-0.1, -0.05) is 43.1 Å². The third kappa shape index (κ3) is 3.13. The summed E-state index contributed by atoms with van der Waals surface area (Å²) >= 11 is 6.16. The van der Waals surface area contributed by atoms with Crippen LogP contribution in [0.4, 0.5) is 5.69 Å². The number of sulfonamides is 1. The average Bonchev–Trinajstić information content (AvgIpc) is 2.73. The molecular formula is C15H20ClN3O2S. The van der Waals surface area contributed by atoms with E-state index in [2.05, 4.69) is 5.10 Å². The number of aromatic nitrogens is 2. The first kappa shape index (κ1) is 16.8. The van der Waals surface area contributed by atoms with Crippen molar-refractivity contribution >= 4 is 27.3 Å². The second kappa shape index (κ2) is 6.71. The van der Waals surface area contributed by atoms with E-state index in [9.17, 15) is 8.42 Å². The Morgan fingerprint density at radius 2 is 1.91 bits per heavy atom. The van der Waals surface area contributed by atoms with E-state index in [0.29, 0.717) is 17.9 Å². The maximum Gasteiger partial charge on any atom is 0.269 e. The van der Waals surface area contributed by atoms with Crippen LogP contribution < -0.4 is 4.31 Å². The fourth-order valence-corrected chi connectivity index (χ4v) is 4.51. The molecule has 2 aromatic rings. The summed E-state index contributed by atoms with van der Waals surface area (Å²) in [5.41, 5.74) is 1.04. The average molecular weight is 342 g/mol. The maximum atomic E-state index is 13.1. The van der Waals surface area contributed by atoms with Gasteiger partial charge in [0.15, 0.2) is 0 Å². The van der Waals surface area contributed by atoms with Crippen LogP contribution in [0.3, 0.4) is 0 Å². The maximum absolute atomic E-state index is 13.1. The lowest BCUT2D eigenvalue weighted by Gasteiger charge is -2.24. The molecule has 0 amide bonds. The van der Waals surface area contributed by atoms with Gasteiger partial charge in [0.2, 0.25) is 0 Å². The molecule has 0 N–H and O–H groups in total. The number of rotatable bonds is 6. The molecule has 2 rings (SSSR count). The predicted molar refractivity (Wildman–Crippen MR) is 88.8 cm³/mol. The SMILES string of the molecule is CCCCN(c1ccccc1)S(=O)(=O)c1c(C)nn(C)c1Cl. The topological polar surface area (TPSA) is 55.2 Å². The third-order valence-electron chi connectivity index (χ3n) is 3.41. The summed E-state index contributed by atoms with van der Waals surface area (Å²) < 4.78 is 29.0. The van der Waals surface area contributed by atoms with Crippen LogP contribution in [0.25, 0.3) is 0 Å². The normalized spacial score (nSPS) is 11.6. The van der Waals surface area contributed by atoms with Crippen molar-refractivity contribution in [2.24, 2.45) is 7.05 Å². The first-order valence-corrected chi connectivity index (χ1v) is 8.98. The van der Waals surface area contributed by atoms with Gasteiger partial charge in [-0.2, -0.15) is 5.10 Å². The molecule has 120 valence electrons. The van der Waals surface area contributed by atoms with Crippen LogP contribution in [-0.2, 0) is 17.1 Å². The Kier molecular flexibility index (Phi) is 5.13. The standard InChI is InChI=1S/C15H20ClN3O2S/c1-4-5-11-19(13-9-7-6-8-10-13)22(20,21)14-12(2)17-18(3)15(14)16/h6-10H,4-5,11H2,1-3H3. The van der Waals surface area contributed by atoms with Crippen molar-refractivity contribution < 1.29 is 8.42 Å². The van der Waals surface area contributed by atoms with Crippen molar-refractivity contribution in [2.45, 2.75) is 31.6 Å². The van der Waals surface area contributed by atoms with Crippen LogP contribution in [0.1, 0.15) is 25.5 Å². The lowest BCUT2D eigenvalue weighted by atomic mass is 10.3. The molecular weight excluding hydrogens is 322 g/mol. The fraction of sp³-hybridized carbons (Fsp3) is 0.400. The minimum atomic E-state index is -3.75. The van der Waals surface area contributed by atoms with Crippen LogP contribution in [0.15, 0.2) is 35.2 Å². The molecule has 0 radical (unpaired) electrons. The van der Waals surface area contributed by atoms with Gasteiger partial charge in [-0.3, -0.25) is 8.99 Å². The molecule has 5 nitrogen and oxygen atoms in total. The first-order valence-electron chi connectivity index (χ1n) is 7.16. The first-order chi connectivity index (χ1) is 10.4. The van der Waals surface area contributed by atoms with Crippen molar-refractivity contribution in [3.05, 3.63) is 41.2 Å². The van der Waals surface area contributed by atoms with Crippen molar-refractivity contribution in [2.75, 3.05) is 10.8 Å². The van der Waals surface area contributed by atoms with Crippen molar-refractivity contribution in [1.82, 2.24) is 9.78 Å². The van der Waals surface area contributed by atoms with Gasteiger partial charge in [0, 0.05) is 13.6 Å². The summed E-state index contributed by atoms with van der Waals surface area (Å²) in [6.45, 7) is 4.09. The van der Waals surface area contributed by atoms with Crippen molar-refractivity contribution in [3.63, 3.8) is 0 Å². The number of nitrogens with zero attached hydrogens (tertiary/aromatic N) is 3. The highest BCUT2D eigenvalue weighted by molar-refractivity contribution is 7.93. The highest BCUT2D eigenvalue weighted by atomic mass is 35.5. The molecule has 0 fully saturated rings. The minimum absolute atomic E-state index is 0.0802. The largest absolute Gasteiger partial charge is 0.269 e. The Morgan fingerprint density at radius 1 is 1.27 bits per heavy atom. The molecule has 0 bridgehead atoms. The van der Waals surface area contributed by atoms with Crippen LogP contribution in [0.2, 0.25) is 5.15 Å². The van der Waals surface area contributed by atoms with E-state index in [0.717, 1.165) is 12.8 Å². The van der Waals surface area contributed by atoms with Crippen LogP contribution in [-0.4, -0.2) is 24.7 Å². The van der Waals surface area contributed by atoms with E-state index in [1.165, 1.54) is 8.99 Å². The summed E-state index contributed by atoms with van der Waals surface area (Å²) in [6.07, 6.45) is 1.67. The highest BCUT2D eigenvalue weighted by Gasteiger charge is 2.31. The molecule has 0 aliphatic heterocycles. The number of benzene rings is 1. The highest BCUT2D eigenvalue weighted by Crippen LogP contribution is 2.30. The van der Waals surface area contributed by atoms with Gasteiger partial charge >= 0.3 is 0 Å². The Balaban J connectivity index is 2.54. The molecule has 0 atom stereocenters. The third-order valence-corrected chi connectivity index (χ3v) is 5.93. The Bertz CT molecular complexity index is 742. The van der Waals surface area contributed by atoms with E-state index in [-0.39, 0.29) is 10.0 Å². The molecule has 0 aliphatic rings. The van der Waals surface area contributed by atoms with Gasteiger partial charge in [-0.05, 0) is 25.5 Å². The molecule has 7 heteroatoms. The van der Waals surface area contributed by atoms with Gasteiger partial charge in [0.25, 0.3) is 10.0 Å². The predicted octanol–water partition coefficient (Wildman–Crippen LogP) is 3.38. The molecule has 0 unspecified atom stereocenters. The number of unbranched alkanes of at least 4 members (excludes halogenated alkanes) is 1. The molecule has 0 saturated carbocycles. The molecule has 0 aliphatic carbocycles. The smallest absolute Gasteiger partial charge is 0.266 e. The Morgan fingerprint density at radius 3 is 2.41 bits per heavy atom. The number of halogens is 1. The van der Waals surface area contributed by atoms with Crippen molar-refractivity contribution in [1.29, 1.82) is 0 Å². The molecule has 0 spiro atoms. The number of hydrogen-bond acceptors (Lipinski definition) is 3. The number of anilines is 1. The summed E-state index contributed by atoms with van der Waals surface area (Å²) in [6, 6.07) is 9.07. The summed E-state index contributed by atoms with van der Waals surface area (Å²) in [4.78, 5) is 0.0802. The van der Waals surface area contributed by atoms with E-state index in [4.69, 9.17) is 11.6 Å². The Labute approximate surface area is 136 Å². The molecule has 0 saturated heterocycles. The lowest BCUT2D eigenvalue weighted by Crippen LogP contribution is -2.32. The molecule has 1 aromatic carbocycles. The zero-order valence-corrected chi connectivity index (χ0v) is 14.5. The quantitative estimate of drug-likeness (QED) is 0.809. The van der Waals surface area contributed by atoms with Crippen LogP contribution >= 0.6 is 11.6 Å².